The third-order valence-electron chi connectivity index (χ3n) is 3.90. The molecule has 4 heteroatoms. The minimum Gasteiger partial charge on any atom is -0.378 e. The van der Waals surface area contributed by atoms with Gasteiger partial charge >= 0.3 is 0 Å². The Morgan fingerprint density at radius 2 is 2.21 bits per heavy atom. The van der Waals surface area contributed by atoms with E-state index in [9.17, 15) is 0 Å². The van der Waals surface area contributed by atoms with Crippen LogP contribution in [0.2, 0.25) is 0 Å². The average Bonchev–Trinajstić information content (AvgIpc) is 2.86. The second kappa shape index (κ2) is 7.65. The molecule has 0 bridgehead atoms. The number of nitrogens with zero attached hydrogens (tertiary/aromatic N) is 2. The van der Waals surface area contributed by atoms with Gasteiger partial charge in [0.15, 0.2) is 0 Å². The largest absolute Gasteiger partial charge is 0.378 e. The molecule has 0 spiro atoms. The topological polar surface area (TPSA) is 39.1 Å². The Morgan fingerprint density at radius 3 is 2.89 bits per heavy atom. The quantitative estimate of drug-likeness (QED) is 0.771. The Hall–Kier alpha value is -0.870. The van der Waals surface area contributed by atoms with Gasteiger partial charge in [0, 0.05) is 31.5 Å². The maximum Gasteiger partial charge on any atom is 0.0575 e. The summed E-state index contributed by atoms with van der Waals surface area (Å²) >= 11 is 0. The van der Waals surface area contributed by atoms with Crippen LogP contribution >= 0.6 is 0 Å². The Bertz CT molecular complexity index is 358. The summed E-state index contributed by atoms with van der Waals surface area (Å²) < 4.78 is 7.77. The molecule has 19 heavy (non-hydrogen) atoms. The molecule has 1 heterocycles. The predicted octanol–water partition coefficient (Wildman–Crippen LogP) is 2.81. The van der Waals surface area contributed by atoms with E-state index in [1.54, 1.807) is 0 Å². The van der Waals surface area contributed by atoms with Crippen molar-refractivity contribution in [3.8, 4) is 0 Å². The average molecular weight is 265 g/mol. The molecule has 1 fully saturated rings. The molecule has 0 aliphatic heterocycles. The second-order valence-electron chi connectivity index (χ2n) is 5.61. The van der Waals surface area contributed by atoms with Crippen LogP contribution in [0.5, 0.6) is 0 Å². The molecule has 1 aliphatic carbocycles. The van der Waals surface area contributed by atoms with Crippen molar-refractivity contribution in [2.45, 2.75) is 57.6 Å². The van der Waals surface area contributed by atoms with Crippen LogP contribution in [0.15, 0.2) is 12.4 Å². The van der Waals surface area contributed by atoms with E-state index in [4.69, 9.17) is 4.74 Å². The van der Waals surface area contributed by atoms with Crippen molar-refractivity contribution in [2.75, 3.05) is 13.2 Å². The molecule has 1 aliphatic rings. The number of aromatic nitrogens is 2. The van der Waals surface area contributed by atoms with Gasteiger partial charge in [0.25, 0.3) is 0 Å². The zero-order valence-electron chi connectivity index (χ0n) is 12.3. The minimum atomic E-state index is 0.364. The van der Waals surface area contributed by atoms with Crippen LogP contribution in [-0.4, -0.2) is 29.0 Å². The Morgan fingerprint density at radius 1 is 1.42 bits per heavy atom. The third kappa shape index (κ3) is 4.96. The molecule has 2 rings (SSSR count). The SMILES string of the molecule is CC(NCCCOC1CCCCC1)c1cnn(C)c1. The van der Waals surface area contributed by atoms with Crippen molar-refractivity contribution in [1.82, 2.24) is 15.1 Å². The third-order valence-corrected chi connectivity index (χ3v) is 3.90. The molecule has 0 radical (unpaired) electrons. The first-order valence-corrected chi connectivity index (χ1v) is 7.59. The summed E-state index contributed by atoms with van der Waals surface area (Å²) in [7, 11) is 1.95. The number of ether oxygens (including phenoxy) is 1. The van der Waals surface area contributed by atoms with Crippen molar-refractivity contribution in [1.29, 1.82) is 0 Å². The van der Waals surface area contributed by atoms with E-state index in [1.165, 1.54) is 37.7 Å². The number of rotatable bonds is 7. The Labute approximate surface area is 116 Å². The van der Waals surface area contributed by atoms with Crippen LogP contribution in [0.4, 0.5) is 0 Å². The van der Waals surface area contributed by atoms with Crippen LogP contribution in [0.25, 0.3) is 0 Å². The predicted molar refractivity (Wildman–Crippen MR) is 77.1 cm³/mol. The number of hydrogen-bond acceptors (Lipinski definition) is 3. The van der Waals surface area contributed by atoms with Gasteiger partial charge in [-0.15, -0.1) is 0 Å². The maximum atomic E-state index is 5.92. The van der Waals surface area contributed by atoms with Crippen molar-refractivity contribution >= 4 is 0 Å². The first-order valence-electron chi connectivity index (χ1n) is 7.59. The molecular weight excluding hydrogens is 238 g/mol. The number of aryl methyl sites for hydroxylation is 1. The van der Waals surface area contributed by atoms with Crippen molar-refractivity contribution in [2.24, 2.45) is 7.05 Å². The van der Waals surface area contributed by atoms with E-state index in [1.807, 2.05) is 17.9 Å². The van der Waals surface area contributed by atoms with Gasteiger partial charge in [-0.3, -0.25) is 4.68 Å². The van der Waals surface area contributed by atoms with E-state index in [2.05, 4.69) is 23.5 Å². The summed E-state index contributed by atoms with van der Waals surface area (Å²) in [6, 6.07) is 0.364. The van der Waals surface area contributed by atoms with Gasteiger partial charge in [0.2, 0.25) is 0 Å². The zero-order valence-corrected chi connectivity index (χ0v) is 12.3. The first kappa shape index (κ1) is 14.5. The van der Waals surface area contributed by atoms with E-state index in [0.717, 1.165) is 19.6 Å². The molecule has 1 aromatic rings. The van der Waals surface area contributed by atoms with Gasteiger partial charge in [-0.25, -0.2) is 0 Å². The molecule has 108 valence electrons. The summed E-state index contributed by atoms with van der Waals surface area (Å²) in [5.74, 6) is 0. The van der Waals surface area contributed by atoms with Crippen molar-refractivity contribution in [3.63, 3.8) is 0 Å². The second-order valence-corrected chi connectivity index (χ2v) is 5.61. The highest BCUT2D eigenvalue weighted by molar-refractivity contribution is 5.08. The summed E-state index contributed by atoms with van der Waals surface area (Å²) in [6.07, 6.45) is 12.2. The highest BCUT2D eigenvalue weighted by Crippen LogP contribution is 2.20. The van der Waals surface area contributed by atoms with E-state index in [-0.39, 0.29) is 0 Å². The molecule has 1 atom stereocenters. The van der Waals surface area contributed by atoms with Crippen LogP contribution in [-0.2, 0) is 11.8 Å². The smallest absolute Gasteiger partial charge is 0.0575 e. The highest BCUT2D eigenvalue weighted by atomic mass is 16.5. The molecule has 0 saturated heterocycles. The normalized spacial score (nSPS) is 18.6. The molecule has 4 nitrogen and oxygen atoms in total. The molecule has 1 N–H and O–H groups in total. The zero-order chi connectivity index (χ0) is 13.5. The fourth-order valence-electron chi connectivity index (χ4n) is 2.65. The van der Waals surface area contributed by atoms with Crippen LogP contribution in [0.1, 0.15) is 57.1 Å². The lowest BCUT2D eigenvalue weighted by molar-refractivity contribution is 0.0271. The van der Waals surface area contributed by atoms with E-state index < -0.39 is 0 Å². The van der Waals surface area contributed by atoms with Crippen LogP contribution in [0, 0.1) is 0 Å². The minimum absolute atomic E-state index is 0.364. The lowest BCUT2D eigenvalue weighted by Crippen LogP contribution is -2.22. The first-order chi connectivity index (χ1) is 9.25. The monoisotopic (exact) mass is 265 g/mol. The maximum absolute atomic E-state index is 5.92. The van der Waals surface area contributed by atoms with Crippen LogP contribution in [0.3, 0.4) is 0 Å². The van der Waals surface area contributed by atoms with Gasteiger partial charge in [-0.1, -0.05) is 19.3 Å². The fraction of sp³-hybridized carbons (Fsp3) is 0.800. The molecule has 0 amide bonds. The lowest BCUT2D eigenvalue weighted by Gasteiger charge is -2.22. The van der Waals surface area contributed by atoms with E-state index in [0.29, 0.717) is 12.1 Å². The van der Waals surface area contributed by atoms with Gasteiger partial charge < -0.3 is 10.1 Å². The van der Waals surface area contributed by atoms with Gasteiger partial charge in [0.1, 0.15) is 0 Å². The summed E-state index contributed by atoms with van der Waals surface area (Å²) in [5, 5.41) is 7.71. The van der Waals surface area contributed by atoms with Gasteiger partial charge in [0.05, 0.1) is 12.3 Å². The molecule has 1 aromatic heterocycles. The van der Waals surface area contributed by atoms with Gasteiger partial charge in [-0.05, 0) is 32.7 Å². The highest BCUT2D eigenvalue weighted by Gasteiger charge is 2.13. The molecule has 1 saturated carbocycles. The van der Waals surface area contributed by atoms with Crippen LogP contribution < -0.4 is 5.32 Å². The Balaban J connectivity index is 1.54. The lowest BCUT2D eigenvalue weighted by atomic mass is 9.98. The number of hydrogen-bond donors (Lipinski definition) is 1. The van der Waals surface area contributed by atoms with Gasteiger partial charge in [-0.2, -0.15) is 5.10 Å². The molecular formula is C15H27N3O. The summed E-state index contributed by atoms with van der Waals surface area (Å²) in [5.41, 5.74) is 1.25. The van der Waals surface area contributed by atoms with Crippen molar-refractivity contribution < 1.29 is 4.74 Å². The molecule has 1 unspecified atom stereocenters. The standard InChI is InChI=1S/C15H27N3O/c1-13(14-11-17-18(2)12-14)16-9-6-10-19-15-7-4-3-5-8-15/h11-13,15-16H,3-10H2,1-2H3. The van der Waals surface area contributed by atoms with E-state index >= 15 is 0 Å². The Kier molecular flexibility index (Phi) is 5.86. The fourth-order valence-corrected chi connectivity index (χ4v) is 2.65. The number of nitrogens with one attached hydrogen (secondary N) is 1. The van der Waals surface area contributed by atoms with Crippen molar-refractivity contribution in [3.05, 3.63) is 18.0 Å². The molecule has 0 aromatic carbocycles. The summed E-state index contributed by atoms with van der Waals surface area (Å²) in [6.45, 7) is 4.07. The summed E-state index contributed by atoms with van der Waals surface area (Å²) in [4.78, 5) is 0.